The molecule has 1 unspecified atom stereocenters. The predicted octanol–water partition coefficient (Wildman–Crippen LogP) is 1.02. The fraction of sp³-hybridized carbons (Fsp3) is 0.400. The second kappa shape index (κ2) is 5.86. The van der Waals surface area contributed by atoms with Crippen LogP contribution in [-0.4, -0.2) is 41.7 Å². The number of rotatable bonds is 3. The minimum absolute atomic E-state index is 0.367. The summed E-state index contributed by atoms with van der Waals surface area (Å²) in [4.78, 5) is 15.2. The van der Waals surface area contributed by atoms with E-state index in [-0.39, 0.29) is 0 Å². The molecule has 8 heteroatoms. The van der Waals surface area contributed by atoms with E-state index in [2.05, 4.69) is 15.0 Å². The molecule has 0 aliphatic carbocycles. The zero-order valence-corrected chi connectivity index (χ0v) is 13.9. The molecule has 1 aliphatic rings. The van der Waals surface area contributed by atoms with Gasteiger partial charge >= 0.3 is 0 Å². The van der Waals surface area contributed by atoms with E-state index in [1.165, 1.54) is 0 Å². The van der Waals surface area contributed by atoms with Crippen LogP contribution in [0.2, 0.25) is 0 Å². The minimum Gasteiger partial charge on any atom is -0.355 e. The predicted molar refractivity (Wildman–Crippen MR) is 88.5 cm³/mol. The molecule has 2 aromatic heterocycles. The van der Waals surface area contributed by atoms with Crippen LogP contribution in [0.15, 0.2) is 24.5 Å². The van der Waals surface area contributed by atoms with Crippen LogP contribution in [0.1, 0.15) is 17.7 Å². The van der Waals surface area contributed by atoms with E-state index in [4.69, 9.17) is 5.14 Å². The zero-order valence-electron chi connectivity index (χ0n) is 13.1. The average Bonchev–Trinajstić information content (AvgIpc) is 3.00. The van der Waals surface area contributed by atoms with Crippen LogP contribution in [0.4, 0.5) is 5.82 Å². The van der Waals surface area contributed by atoms with Gasteiger partial charge in [-0.3, -0.25) is 4.98 Å². The van der Waals surface area contributed by atoms with E-state index in [9.17, 15) is 8.42 Å². The van der Waals surface area contributed by atoms with Gasteiger partial charge in [-0.2, -0.15) is 0 Å². The maximum Gasteiger partial charge on any atom is 0.213 e. The number of aryl methyl sites for hydroxylation is 1. The lowest BCUT2D eigenvalue weighted by Gasteiger charge is -2.21. The van der Waals surface area contributed by atoms with Crippen molar-refractivity contribution in [2.45, 2.75) is 25.5 Å². The molecular formula is C15H19N5O2S. The molecule has 0 saturated carbocycles. The quantitative estimate of drug-likeness (QED) is 0.900. The van der Waals surface area contributed by atoms with Crippen molar-refractivity contribution in [3.63, 3.8) is 0 Å². The molecule has 0 radical (unpaired) electrons. The second-order valence-electron chi connectivity index (χ2n) is 5.76. The first-order valence-corrected chi connectivity index (χ1v) is 8.99. The lowest BCUT2D eigenvalue weighted by molar-refractivity contribution is 0.585. The molecule has 0 amide bonds. The van der Waals surface area contributed by atoms with Crippen molar-refractivity contribution in [1.82, 2.24) is 15.0 Å². The second-order valence-corrected chi connectivity index (χ2v) is 7.61. The zero-order chi connectivity index (χ0) is 16.6. The number of primary sulfonamides is 1. The highest BCUT2D eigenvalue weighted by Crippen LogP contribution is 2.28. The Balaban J connectivity index is 1.99. The Morgan fingerprint density at radius 1 is 1.22 bits per heavy atom. The van der Waals surface area contributed by atoms with E-state index in [1.807, 2.05) is 30.9 Å². The summed E-state index contributed by atoms with van der Waals surface area (Å²) in [5.41, 5.74) is 2.71. The first-order valence-electron chi connectivity index (χ1n) is 7.38. The van der Waals surface area contributed by atoms with Crippen molar-refractivity contribution in [3.05, 3.63) is 35.8 Å². The summed E-state index contributed by atoms with van der Waals surface area (Å²) in [5.74, 6) is 1.39. The summed E-state index contributed by atoms with van der Waals surface area (Å²) in [6, 6.07) is 3.70. The Hall–Kier alpha value is -2.06. The highest BCUT2D eigenvalue weighted by molar-refractivity contribution is 7.89. The fourth-order valence-electron chi connectivity index (χ4n) is 2.74. The lowest BCUT2D eigenvalue weighted by atomic mass is 10.2. The molecule has 122 valence electrons. The Labute approximate surface area is 135 Å². The molecule has 1 atom stereocenters. The van der Waals surface area contributed by atoms with Gasteiger partial charge in [0.1, 0.15) is 5.82 Å². The van der Waals surface area contributed by atoms with Gasteiger partial charge in [-0.05, 0) is 32.4 Å². The molecule has 23 heavy (non-hydrogen) atoms. The smallest absolute Gasteiger partial charge is 0.213 e. The van der Waals surface area contributed by atoms with Crippen molar-refractivity contribution < 1.29 is 8.42 Å². The summed E-state index contributed by atoms with van der Waals surface area (Å²) in [7, 11) is -3.52. The summed E-state index contributed by atoms with van der Waals surface area (Å²) in [5, 5.41) is 4.74. The Bertz CT molecular complexity index is 823. The highest BCUT2D eigenvalue weighted by Gasteiger charge is 2.32. The molecule has 2 N–H and O–H groups in total. The molecule has 2 aromatic rings. The van der Waals surface area contributed by atoms with Crippen LogP contribution in [0.3, 0.4) is 0 Å². The van der Waals surface area contributed by atoms with E-state index >= 15 is 0 Å². The van der Waals surface area contributed by atoms with E-state index in [0.717, 1.165) is 22.6 Å². The van der Waals surface area contributed by atoms with Crippen molar-refractivity contribution in [3.8, 4) is 11.4 Å². The Morgan fingerprint density at radius 2 is 1.91 bits per heavy atom. The third-order valence-corrected chi connectivity index (χ3v) is 5.53. The van der Waals surface area contributed by atoms with E-state index < -0.39 is 15.3 Å². The molecule has 3 heterocycles. The molecule has 0 bridgehead atoms. The monoisotopic (exact) mass is 333 g/mol. The number of sulfonamides is 1. The van der Waals surface area contributed by atoms with E-state index in [0.29, 0.717) is 25.3 Å². The summed E-state index contributed by atoms with van der Waals surface area (Å²) in [6.07, 6.45) is 3.91. The first-order chi connectivity index (χ1) is 10.9. The SMILES string of the molecule is Cc1nc(-c2ccncc2)nc(N2CCC(S(N)(=O)=O)C2)c1C. The summed E-state index contributed by atoms with van der Waals surface area (Å²) >= 11 is 0. The fourth-order valence-corrected chi connectivity index (χ4v) is 3.56. The molecular weight excluding hydrogens is 314 g/mol. The first kappa shape index (κ1) is 15.8. The van der Waals surface area contributed by atoms with E-state index in [1.54, 1.807) is 12.4 Å². The number of pyridine rings is 1. The molecule has 7 nitrogen and oxygen atoms in total. The molecule has 1 fully saturated rings. The van der Waals surface area contributed by atoms with Crippen LogP contribution in [0.25, 0.3) is 11.4 Å². The highest BCUT2D eigenvalue weighted by atomic mass is 32.2. The van der Waals surface area contributed by atoms with Gasteiger partial charge in [0.05, 0.1) is 5.25 Å². The molecule has 0 spiro atoms. The molecule has 1 aliphatic heterocycles. The summed E-state index contributed by atoms with van der Waals surface area (Å²) < 4.78 is 23.1. The van der Waals surface area contributed by atoms with Crippen LogP contribution < -0.4 is 10.0 Å². The van der Waals surface area contributed by atoms with Crippen molar-refractivity contribution >= 4 is 15.8 Å². The number of aromatic nitrogens is 3. The van der Waals surface area contributed by atoms with Gasteiger partial charge in [0, 0.05) is 42.3 Å². The molecule has 0 aromatic carbocycles. The largest absolute Gasteiger partial charge is 0.355 e. The maximum atomic E-state index is 11.6. The standard InChI is InChI=1S/C15H19N5O2S/c1-10-11(2)18-14(12-3-6-17-7-4-12)19-15(10)20-8-5-13(9-20)23(16,21)22/h3-4,6-7,13H,5,8-9H2,1-2H3,(H2,16,21,22). The van der Waals surface area contributed by atoms with Crippen LogP contribution in [0, 0.1) is 13.8 Å². The third kappa shape index (κ3) is 3.18. The van der Waals surface area contributed by atoms with Gasteiger partial charge in [-0.1, -0.05) is 0 Å². The Kier molecular flexibility index (Phi) is 4.03. The lowest BCUT2D eigenvalue weighted by Crippen LogP contribution is -2.32. The normalized spacial score (nSPS) is 18.4. The van der Waals surface area contributed by atoms with Crippen molar-refractivity contribution in [2.75, 3.05) is 18.0 Å². The molecule has 1 saturated heterocycles. The summed E-state index contributed by atoms with van der Waals surface area (Å²) in [6.45, 7) is 4.86. The number of anilines is 1. The third-order valence-electron chi connectivity index (χ3n) is 4.21. The number of hydrogen-bond donors (Lipinski definition) is 1. The van der Waals surface area contributed by atoms with Gasteiger partial charge in [-0.25, -0.2) is 23.5 Å². The van der Waals surface area contributed by atoms with Crippen LogP contribution in [0.5, 0.6) is 0 Å². The Morgan fingerprint density at radius 3 is 2.52 bits per heavy atom. The van der Waals surface area contributed by atoms with Crippen molar-refractivity contribution in [2.24, 2.45) is 5.14 Å². The maximum absolute atomic E-state index is 11.6. The minimum atomic E-state index is -3.52. The number of nitrogens with two attached hydrogens (primary N) is 1. The van der Waals surface area contributed by atoms with Gasteiger partial charge in [0.25, 0.3) is 0 Å². The van der Waals surface area contributed by atoms with Gasteiger partial charge in [0.2, 0.25) is 10.0 Å². The van der Waals surface area contributed by atoms with Gasteiger partial charge < -0.3 is 4.90 Å². The average molecular weight is 333 g/mol. The van der Waals surface area contributed by atoms with Crippen LogP contribution in [-0.2, 0) is 10.0 Å². The van der Waals surface area contributed by atoms with Gasteiger partial charge in [-0.15, -0.1) is 0 Å². The number of nitrogens with zero attached hydrogens (tertiary/aromatic N) is 4. The topological polar surface area (TPSA) is 102 Å². The molecule has 3 rings (SSSR count). The van der Waals surface area contributed by atoms with Crippen LogP contribution >= 0.6 is 0 Å². The van der Waals surface area contributed by atoms with Crippen molar-refractivity contribution in [1.29, 1.82) is 0 Å². The van der Waals surface area contributed by atoms with Gasteiger partial charge in [0.15, 0.2) is 5.82 Å². The number of hydrogen-bond acceptors (Lipinski definition) is 6.